The van der Waals surface area contributed by atoms with Crippen molar-refractivity contribution in [3.05, 3.63) is 131 Å². The third-order valence-electron chi connectivity index (χ3n) is 6.59. The number of hydrogen-bond acceptors (Lipinski definition) is 0. The van der Waals surface area contributed by atoms with Crippen LogP contribution in [0.1, 0.15) is 33.7 Å². The summed E-state index contributed by atoms with van der Waals surface area (Å²) in [5, 5.41) is 0. The molecule has 0 amide bonds. The number of benzene rings is 4. The standard InChI is InChI=1S/C27H20/c1-2-11-20(12-3-1)27-18-19-10-4-5-13-21(19)26(27)24-16-7-6-14-22(24)23-15-8-9-17-25(23)27/h1-17,26H,18H2/t26-,27-/m1/s1. The van der Waals surface area contributed by atoms with Crippen LogP contribution in [0.2, 0.25) is 0 Å². The molecule has 0 nitrogen and oxygen atoms in total. The van der Waals surface area contributed by atoms with Crippen LogP contribution in [-0.4, -0.2) is 0 Å². The number of hydrogen-bond donors (Lipinski definition) is 0. The van der Waals surface area contributed by atoms with Gasteiger partial charge in [0.2, 0.25) is 0 Å². The molecule has 6 rings (SSSR count). The maximum absolute atomic E-state index is 2.36. The van der Waals surface area contributed by atoms with E-state index in [4.69, 9.17) is 0 Å². The molecule has 4 aromatic rings. The molecule has 0 spiro atoms. The zero-order chi connectivity index (χ0) is 17.8. The molecule has 0 bridgehead atoms. The number of fused-ring (bicyclic) bond motifs is 8. The molecular formula is C27H20. The zero-order valence-electron chi connectivity index (χ0n) is 15.1. The van der Waals surface area contributed by atoms with Gasteiger partial charge in [0.1, 0.15) is 0 Å². The zero-order valence-corrected chi connectivity index (χ0v) is 15.1. The van der Waals surface area contributed by atoms with Gasteiger partial charge in [-0.1, -0.05) is 103 Å². The molecule has 0 aliphatic heterocycles. The van der Waals surface area contributed by atoms with Gasteiger partial charge in [-0.15, -0.1) is 0 Å². The van der Waals surface area contributed by atoms with Gasteiger partial charge in [-0.3, -0.25) is 0 Å². The van der Waals surface area contributed by atoms with Gasteiger partial charge >= 0.3 is 0 Å². The Balaban J connectivity index is 1.78. The van der Waals surface area contributed by atoms with Gasteiger partial charge in [-0.05, 0) is 45.4 Å². The maximum Gasteiger partial charge on any atom is 0.0358 e. The van der Waals surface area contributed by atoms with Crippen molar-refractivity contribution in [2.75, 3.05) is 0 Å². The summed E-state index contributed by atoms with van der Waals surface area (Å²) in [4.78, 5) is 0. The van der Waals surface area contributed by atoms with Crippen molar-refractivity contribution in [2.45, 2.75) is 17.8 Å². The predicted octanol–water partition coefficient (Wildman–Crippen LogP) is 6.34. The van der Waals surface area contributed by atoms with Gasteiger partial charge in [0.25, 0.3) is 0 Å². The molecule has 27 heavy (non-hydrogen) atoms. The Kier molecular flexibility index (Phi) is 3.02. The lowest BCUT2D eigenvalue weighted by Crippen LogP contribution is -2.36. The van der Waals surface area contributed by atoms with Gasteiger partial charge in [0, 0.05) is 11.3 Å². The van der Waals surface area contributed by atoms with Crippen molar-refractivity contribution < 1.29 is 0 Å². The lowest BCUT2D eigenvalue weighted by Gasteiger charge is -2.43. The molecule has 0 N–H and O–H groups in total. The van der Waals surface area contributed by atoms with Gasteiger partial charge in [0.15, 0.2) is 0 Å². The second-order valence-corrected chi connectivity index (χ2v) is 7.78. The van der Waals surface area contributed by atoms with Crippen molar-refractivity contribution in [3.8, 4) is 11.1 Å². The quantitative estimate of drug-likeness (QED) is 0.378. The minimum Gasteiger partial charge on any atom is -0.0622 e. The minimum absolute atomic E-state index is 0.0319. The summed E-state index contributed by atoms with van der Waals surface area (Å²) in [7, 11) is 0. The first kappa shape index (κ1) is 15.0. The van der Waals surface area contributed by atoms with E-state index >= 15 is 0 Å². The average molecular weight is 344 g/mol. The molecule has 2 aliphatic rings. The molecule has 0 aromatic heterocycles. The van der Waals surface area contributed by atoms with E-state index in [0.717, 1.165) is 6.42 Å². The molecule has 0 heteroatoms. The Labute approximate surface area is 160 Å². The molecule has 128 valence electrons. The van der Waals surface area contributed by atoms with Crippen molar-refractivity contribution in [2.24, 2.45) is 0 Å². The number of rotatable bonds is 1. The van der Waals surface area contributed by atoms with Crippen molar-refractivity contribution in [1.82, 2.24) is 0 Å². The van der Waals surface area contributed by atoms with Crippen molar-refractivity contribution in [3.63, 3.8) is 0 Å². The van der Waals surface area contributed by atoms with E-state index in [9.17, 15) is 0 Å². The van der Waals surface area contributed by atoms with Crippen LogP contribution in [0.5, 0.6) is 0 Å². The molecule has 0 fully saturated rings. The highest BCUT2D eigenvalue weighted by Crippen LogP contribution is 2.61. The highest BCUT2D eigenvalue weighted by Gasteiger charge is 2.52. The van der Waals surface area contributed by atoms with E-state index in [-0.39, 0.29) is 5.41 Å². The van der Waals surface area contributed by atoms with Crippen LogP contribution >= 0.6 is 0 Å². The van der Waals surface area contributed by atoms with Crippen LogP contribution in [0, 0.1) is 0 Å². The second-order valence-electron chi connectivity index (χ2n) is 7.78. The normalized spacial score (nSPS) is 21.7. The maximum atomic E-state index is 2.36. The molecule has 0 saturated heterocycles. The van der Waals surface area contributed by atoms with Crippen molar-refractivity contribution in [1.29, 1.82) is 0 Å². The van der Waals surface area contributed by atoms with Gasteiger partial charge in [-0.2, -0.15) is 0 Å². The van der Waals surface area contributed by atoms with E-state index in [1.54, 1.807) is 0 Å². The lowest BCUT2D eigenvalue weighted by atomic mass is 9.58. The molecule has 2 atom stereocenters. The Morgan fingerprint density at radius 1 is 0.556 bits per heavy atom. The monoisotopic (exact) mass is 344 g/mol. The predicted molar refractivity (Wildman–Crippen MR) is 111 cm³/mol. The first-order valence-corrected chi connectivity index (χ1v) is 9.72. The van der Waals surface area contributed by atoms with Gasteiger partial charge in [-0.25, -0.2) is 0 Å². The first-order chi connectivity index (χ1) is 13.4. The van der Waals surface area contributed by atoms with Crippen molar-refractivity contribution >= 4 is 0 Å². The Morgan fingerprint density at radius 3 is 2.04 bits per heavy atom. The third kappa shape index (κ3) is 1.88. The van der Waals surface area contributed by atoms with E-state index in [1.807, 2.05) is 0 Å². The third-order valence-corrected chi connectivity index (χ3v) is 6.59. The highest BCUT2D eigenvalue weighted by atomic mass is 14.5. The van der Waals surface area contributed by atoms with Gasteiger partial charge < -0.3 is 0 Å². The Hall–Kier alpha value is -3.12. The fraction of sp³-hybridized carbons (Fsp3) is 0.111. The summed E-state index contributed by atoms with van der Waals surface area (Å²) >= 11 is 0. The molecular weight excluding hydrogens is 324 g/mol. The van der Waals surface area contributed by atoms with E-state index in [0.29, 0.717) is 5.92 Å². The Bertz CT molecular complexity index is 1160. The Morgan fingerprint density at radius 2 is 1.19 bits per heavy atom. The second kappa shape index (κ2) is 5.44. The summed E-state index contributed by atoms with van der Waals surface area (Å²) in [5.41, 5.74) is 10.1. The SMILES string of the molecule is c1ccc([C@@]23Cc4ccccc4[C@@H]2c2ccccc2-c2ccccc23)cc1. The summed E-state index contributed by atoms with van der Waals surface area (Å²) < 4.78 is 0. The van der Waals surface area contributed by atoms with Crippen LogP contribution in [0.4, 0.5) is 0 Å². The fourth-order valence-electron chi connectivity index (χ4n) is 5.59. The lowest BCUT2D eigenvalue weighted by molar-refractivity contribution is 0.484. The van der Waals surface area contributed by atoms with Gasteiger partial charge in [0.05, 0.1) is 0 Å². The molecule has 2 aliphatic carbocycles. The smallest absolute Gasteiger partial charge is 0.0358 e. The molecule has 0 radical (unpaired) electrons. The highest BCUT2D eigenvalue weighted by molar-refractivity contribution is 5.81. The molecule has 0 heterocycles. The average Bonchev–Trinajstić information content (AvgIpc) is 3.11. The van der Waals surface area contributed by atoms with E-state index in [2.05, 4.69) is 103 Å². The summed E-state index contributed by atoms with van der Waals surface area (Å²) in [5.74, 6) is 0.363. The minimum atomic E-state index is -0.0319. The molecule has 4 aromatic carbocycles. The van der Waals surface area contributed by atoms with Crippen LogP contribution in [-0.2, 0) is 11.8 Å². The van der Waals surface area contributed by atoms with Crippen LogP contribution in [0.3, 0.4) is 0 Å². The van der Waals surface area contributed by atoms with Crippen LogP contribution in [0.25, 0.3) is 11.1 Å². The summed E-state index contributed by atoms with van der Waals surface area (Å²) in [6.45, 7) is 0. The molecule has 0 saturated carbocycles. The summed E-state index contributed by atoms with van der Waals surface area (Å²) in [6, 6.07) is 38.3. The topological polar surface area (TPSA) is 0 Å². The largest absolute Gasteiger partial charge is 0.0622 e. The first-order valence-electron chi connectivity index (χ1n) is 9.72. The van der Waals surface area contributed by atoms with Crippen LogP contribution in [0.15, 0.2) is 103 Å². The molecule has 0 unspecified atom stereocenters. The fourth-order valence-corrected chi connectivity index (χ4v) is 5.59. The summed E-state index contributed by atoms with van der Waals surface area (Å²) in [6.07, 6.45) is 1.06. The van der Waals surface area contributed by atoms with E-state index < -0.39 is 0 Å². The van der Waals surface area contributed by atoms with Crippen LogP contribution < -0.4 is 0 Å². The van der Waals surface area contributed by atoms with E-state index in [1.165, 1.54) is 38.9 Å².